The smallest absolute Gasteiger partial charge is 0.237 e. The highest BCUT2D eigenvalue weighted by Gasteiger charge is 2.18. The fourth-order valence-electron chi connectivity index (χ4n) is 2.20. The van der Waals surface area contributed by atoms with Crippen LogP contribution in [0.5, 0.6) is 0 Å². The number of amides is 1. The molecule has 0 saturated heterocycles. The van der Waals surface area contributed by atoms with Crippen molar-refractivity contribution in [2.45, 2.75) is 45.7 Å². The van der Waals surface area contributed by atoms with Crippen molar-refractivity contribution < 1.29 is 4.79 Å². The molecule has 0 aromatic carbocycles. The molecule has 21 heavy (non-hydrogen) atoms. The molecule has 0 bridgehead atoms. The van der Waals surface area contributed by atoms with Gasteiger partial charge in [-0.15, -0.1) is 12.4 Å². The number of thioether (sulfide) groups is 1. The number of nitrogens with zero attached hydrogens (tertiary/aromatic N) is 2. The van der Waals surface area contributed by atoms with Crippen LogP contribution >= 0.6 is 24.2 Å². The lowest BCUT2D eigenvalue weighted by Crippen LogP contribution is -2.45. The molecule has 2 atom stereocenters. The highest BCUT2D eigenvalue weighted by Crippen LogP contribution is 2.14. The third-order valence-electron chi connectivity index (χ3n) is 3.53. The largest absolute Gasteiger partial charge is 0.352 e. The van der Waals surface area contributed by atoms with Crippen LogP contribution in [-0.4, -0.2) is 39.8 Å². The van der Waals surface area contributed by atoms with Gasteiger partial charge in [-0.3, -0.25) is 9.48 Å². The van der Waals surface area contributed by atoms with Gasteiger partial charge in [0.2, 0.25) is 5.91 Å². The number of aryl methyl sites for hydroxylation is 2. The molecule has 1 heterocycles. The molecule has 0 aliphatic carbocycles. The van der Waals surface area contributed by atoms with Gasteiger partial charge in [0.15, 0.2) is 0 Å². The summed E-state index contributed by atoms with van der Waals surface area (Å²) in [5.74, 6) is 0.842. The lowest BCUT2D eigenvalue weighted by Gasteiger charge is -2.17. The third kappa shape index (κ3) is 5.88. The molecule has 1 aromatic rings. The zero-order chi connectivity index (χ0) is 15.3. The Morgan fingerprint density at radius 1 is 1.48 bits per heavy atom. The van der Waals surface area contributed by atoms with Crippen LogP contribution in [0.3, 0.4) is 0 Å². The van der Waals surface area contributed by atoms with Crippen LogP contribution in [0, 0.1) is 13.8 Å². The normalized spacial score (nSPS) is 13.4. The van der Waals surface area contributed by atoms with E-state index in [0.29, 0.717) is 6.42 Å². The van der Waals surface area contributed by atoms with Gasteiger partial charge in [-0.05, 0) is 51.2 Å². The molecule has 0 saturated carbocycles. The number of carbonyl (C=O) groups excluding carboxylic acids is 1. The van der Waals surface area contributed by atoms with E-state index in [2.05, 4.69) is 10.4 Å². The van der Waals surface area contributed by atoms with Crippen molar-refractivity contribution in [2.75, 3.05) is 12.0 Å². The number of rotatable bonds is 7. The Kier molecular flexibility index (Phi) is 9.01. The maximum Gasteiger partial charge on any atom is 0.237 e. The minimum absolute atomic E-state index is 0. The van der Waals surface area contributed by atoms with Crippen LogP contribution in [0.4, 0.5) is 0 Å². The first-order valence-electron chi connectivity index (χ1n) is 6.90. The van der Waals surface area contributed by atoms with Gasteiger partial charge in [0.05, 0.1) is 11.7 Å². The number of halogens is 1. The molecule has 0 fully saturated rings. The Morgan fingerprint density at radius 3 is 2.57 bits per heavy atom. The van der Waals surface area contributed by atoms with Crippen LogP contribution in [0.1, 0.15) is 30.3 Å². The lowest BCUT2D eigenvalue weighted by atomic mass is 10.0. The van der Waals surface area contributed by atoms with Crippen molar-refractivity contribution in [3.8, 4) is 0 Å². The maximum atomic E-state index is 12.0. The summed E-state index contributed by atoms with van der Waals surface area (Å²) in [7, 11) is 1.94. The second-order valence-corrected chi connectivity index (χ2v) is 6.26. The first kappa shape index (κ1) is 20.3. The molecule has 0 aliphatic heterocycles. The van der Waals surface area contributed by atoms with E-state index in [1.807, 2.05) is 38.8 Å². The van der Waals surface area contributed by atoms with E-state index in [9.17, 15) is 4.79 Å². The van der Waals surface area contributed by atoms with E-state index in [1.165, 1.54) is 5.56 Å². The predicted molar refractivity (Wildman–Crippen MR) is 92.2 cm³/mol. The summed E-state index contributed by atoms with van der Waals surface area (Å²) >= 11 is 1.70. The van der Waals surface area contributed by atoms with Gasteiger partial charge in [0.1, 0.15) is 0 Å². The first-order valence-corrected chi connectivity index (χ1v) is 8.30. The van der Waals surface area contributed by atoms with Crippen LogP contribution in [-0.2, 0) is 18.3 Å². The van der Waals surface area contributed by atoms with Crippen molar-refractivity contribution in [3.63, 3.8) is 0 Å². The second-order valence-electron chi connectivity index (χ2n) is 5.27. The lowest BCUT2D eigenvalue weighted by molar-refractivity contribution is -0.122. The number of aromatic nitrogens is 2. The van der Waals surface area contributed by atoms with Crippen LogP contribution in [0.25, 0.3) is 0 Å². The number of hydrogen-bond acceptors (Lipinski definition) is 4. The molecule has 0 radical (unpaired) electrons. The maximum absolute atomic E-state index is 12.0. The highest BCUT2D eigenvalue weighted by molar-refractivity contribution is 7.98. The molecule has 1 rings (SSSR count). The van der Waals surface area contributed by atoms with Gasteiger partial charge < -0.3 is 11.1 Å². The zero-order valence-corrected chi connectivity index (χ0v) is 15.1. The van der Waals surface area contributed by atoms with Gasteiger partial charge >= 0.3 is 0 Å². The average Bonchev–Trinajstić information content (AvgIpc) is 2.62. The fraction of sp³-hybridized carbons (Fsp3) is 0.714. The molecule has 1 aromatic heterocycles. The van der Waals surface area contributed by atoms with Crippen molar-refractivity contribution in [3.05, 3.63) is 17.0 Å². The summed E-state index contributed by atoms with van der Waals surface area (Å²) < 4.78 is 1.88. The summed E-state index contributed by atoms with van der Waals surface area (Å²) in [6, 6.07) is -0.356. The van der Waals surface area contributed by atoms with Gasteiger partial charge in [0, 0.05) is 18.8 Å². The SMILES string of the molecule is CSCC[C@H](N)C(=O)NC(C)Cc1c(C)nn(C)c1C.Cl. The molecular formula is C14H27ClN4OS. The summed E-state index contributed by atoms with van der Waals surface area (Å²) in [5.41, 5.74) is 9.25. The Labute approximate surface area is 137 Å². The molecule has 1 unspecified atom stereocenters. The average molecular weight is 335 g/mol. The molecular weight excluding hydrogens is 308 g/mol. The summed E-state index contributed by atoms with van der Waals surface area (Å²) in [5, 5.41) is 7.39. The van der Waals surface area contributed by atoms with Gasteiger partial charge in [-0.2, -0.15) is 16.9 Å². The molecule has 1 amide bonds. The van der Waals surface area contributed by atoms with Crippen LogP contribution in [0.15, 0.2) is 0 Å². The molecule has 0 aliphatic rings. The third-order valence-corrected chi connectivity index (χ3v) is 4.17. The standard InChI is InChI=1S/C14H26N4OS.ClH/c1-9(16-14(19)13(15)6-7-20-5)8-12-10(2)17-18(4)11(12)3;/h9,13H,6-8,15H2,1-5H3,(H,16,19);1H/t9?,13-;/m0./s1. The minimum Gasteiger partial charge on any atom is -0.352 e. The quantitative estimate of drug-likeness (QED) is 0.794. The predicted octanol–water partition coefficient (Wildman–Crippen LogP) is 1.59. The second kappa shape index (κ2) is 9.33. The van der Waals surface area contributed by atoms with E-state index < -0.39 is 6.04 Å². The van der Waals surface area contributed by atoms with Gasteiger partial charge in [-0.25, -0.2) is 0 Å². The van der Waals surface area contributed by atoms with E-state index >= 15 is 0 Å². The van der Waals surface area contributed by atoms with E-state index in [4.69, 9.17) is 5.73 Å². The first-order chi connectivity index (χ1) is 9.36. The number of nitrogens with two attached hydrogens (primary N) is 1. The summed E-state index contributed by atoms with van der Waals surface area (Å²) in [4.78, 5) is 12.0. The monoisotopic (exact) mass is 334 g/mol. The van der Waals surface area contributed by atoms with Crippen molar-refractivity contribution in [1.82, 2.24) is 15.1 Å². The number of carbonyl (C=O) groups is 1. The number of nitrogens with one attached hydrogen (secondary N) is 1. The Hall–Kier alpha value is -0.720. The molecule has 7 heteroatoms. The summed E-state index contributed by atoms with van der Waals surface area (Å²) in [6.45, 7) is 6.06. The fourth-order valence-corrected chi connectivity index (χ4v) is 2.69. The van der Waals surface area contributed by atoms with Gasteiger partial charge in [-0.1, -0.05) is 0 Å². The number of hydrogen-bond donors (Lipinski definition) is 2. The van der Waals surface area contributed by atoms with Crippen LogP contribution in [0.2, 0.25) is 0 Å². The van der Waals surface area contributed by atoms with Crippen molar-refractivity contribution >= 4 is 30.1 Å². The minimum atomic E-state index is -0.416. The zero-order valence-electron chi connectivity index (χ0n) is 13.5. The van der Waals surface area contributed by atoms with Gasteiger partial charge in [0.25, 0.3) is 0 Å². The molecule has 5 nitrogen and oxygen atoms in total. The molecule has 122 valence electrons. The summed E-state index contributed by atoms with van der Waals surface area (Å²) in [6.07, 6.45) is 3.51. The Morgan fingerprint density at radius 2 is 2.10 bits per heavy atom. The van der Waals surface area contributed by atoms with Crippen molar-refractivity contribution in [1.29, 1.82) is 0 Å². The van der Waals surface area contributed by atoms with E-state index in [0.717, 1.165) is 23.6 Å². The van der Waals surface area contributed by atoms with E-state index in [-0.39, 0.29) is 24.4 Å². The van der Waals surface area contributed by atoms with Crippen LogP contribution < -0.4 is 11.1 Å². The topological polar surface area (TPSA) is 72.9 Å². The Bertz CT molecular complexity index is 464. The van der Waals surface area contributed by atoms with E-state index in [1.54, 1.807) is 11.8 Å². The molecule has 3 N–H and O–H groups in total. The highest BCUT2D eigenvalue weighted by atomic mass is 35.5. The Balaban J connectivity index is 0.00000400. The van der Waals surface area contributed by atoms with Crippen molar-refractivity contribution in [2.24, 2.45) is 12.8 Å². The molecule has 0 spiro atoms.